The van der Waals surface area contributed by atoms with Gasteiger partial charge in [0.25, 0.3) is 0 Å². The summed E-state index contributed by atoms with van der Waals surface area (Å²) in [6.07, 6.45) is 4.56. The van der Waals surface area contributed by atoms with Gasteiger partial charge in [0.1, 0.15) is 5.01 Å². The fraction of sp³-hybridized carbons (Fsp3) is 0.750. The maximum Gasteiger partial charge on any atom is 0.243 e. The van der Waals surface area contributed by atoms with Crippen molar-refractivity contribution in [2.75, 3.05) is 11.9 Å². The van der Waals surface area contributed by atoms with Crippen molar-refractivity contribution in [3.63, 3.8) is 0 Å². The molecule has 2 N–H and O–H groups in total. The predicted octanol–water partition coefficient (Wildman–Crippen LogP) is 1.43. The fourth-order valence-corrected chi connectivity index (χ4v) is 3.79. The highest BCUT2D eigenvalue weighted by molar-refractivity contribution is 7.15. The van der Waals surface area contributed by atoms with E-state index < -0.39 is 0 Å². The third-order valence-electron chi connectivity index (χ3n) is 4.03. The molecule has 2 heterocycles. The molecule has 3 unspecified atom stereocenters. The summed E-state index contributed by atoms with van der Waals surface area (Å²) < 4.78 is 0. The largest absolute Gasteiger partial charge is 0.305 e. The first-order valence-electron chi connectivity index (χ1n) is 6.64. The highest BCUT2D eigenvalue weighted by atomic mass is 32.1. The number of nitrogens with zero attached hydrogens (tertiary/aromatic N) is 2. The van der Waals surface area contributed by atoms with Gasteiger partial charge < -0.3 is 5.32 Å². The van der Waals surface area contributed by atoms with E-state index in [0.29, 0.717) is 17.0 Å². The van der Waals surface area contributed by atoms with Crippen molar-refractivity contribution < 1.29 is 4.79 Å². The van der Waals surface area contributed by atoms with Crippen LogP contribution in [0.4, 0.5) is 5.13 Å². The zero-order valence-corrected chi connectivity index (χ0v) is 11.3. The van der Waals surface area contributed by atoms with Crippen molar-refractivity contribution in [1.29, 1.82) is 0 Å². The molecule has 0 aromatic carbocycles. The van der Waals surface area contributed by atoms with Gasteiger partial charge in [-0.1, -0.05) is 24.7 Å². The lowest BCUT2D eigenvalue weighted by Gasteiger charge is -2.16. The summed E-state index contributed by atoms with van der Waals surface area (Å²) in [6, 6.07) is -0.0357. The summed E-state index contributed by atoms with van der Waals surface area (Å²) >= 11 is 1.46. The average molecular weight is 266 g/mol. The molecule has 98 valence electrons. The van der Waals surface area contributed by atoms with Crippen LogP contribution in [0.1, 0.15) is 31.2 Å². The van der Waals surface area contributed by atoms with Gasteiger partial charge in [-0.3, -0.25) is 10.1 Å². The lowest BCUT2D eigenvalue weighted by Crippen LogP contribution is -2.39. The molecule has 6 heteroatoms. The Labute approximate surface area is 110 Å². The number of amides is 1. The van der Waals surface area contributed by atoms with Gasteiger partial charge in [-0.15, -0.1) is 10.2 Å². The molecule has 3 rings (SSSR count). The second-order valence-electron chi connectivity index (χ2n) is 5.08. The SMILES string of the molecule is CCc1nnc(NC(=O)C2NCC3CCCC32)s1. The minimum Gasteiger partial charge on any atom is -0.305 e. The summed E-state index contributed by atoms with van der Waals surface area (Å²) in [5, 5.41) is 15.8. The van der Waals surface area contributed by atoms with E-state index in [1.165, 1.54) is 30.6 Å². The van der Waals surface area contributed by atoms with Gasteiger partial charge in [-0.2, -0.15) is 0 Å². The Morgan fingerprint density at radius 1 is 1.50 bits per heavy atom. The van der Waals surface area contributed by atoms with Crippen molar-refractivity contribution in [2.45, 2.75) is 38.6 Å². The van der Waals surface area contributed by atoms with Crippen molar-refractivity contribution in [3.05, 3.63) is 5.01 Å². The van der Waals surface area contributed by atoms with Gasteiger partial charge in [0.2, 0.25) is 11.0 Å². The normalized spacial score (nSPS) is 30.4. The van der Waals surface area contributed by atoms with Crippen LogP contribution in [0, 0.1) is 11.8 Å². The lowest BCUT2D eigenvalue weighted by atomic mass is 9.94. The molecule has 1 amide bonds. The maximum absolute atomic E-state index is 12.2. The summed E-state index contributed by atoms with van der Waals surface area (Å²) in [5.74, 6) is 1.27. The van der Waals surface area contributed by atoms with Gasteiger partial charge in [-0.05, 0) is 37.6 Å². The molecule has 18 heavy (non-hydrogen) atoms. The van der Waals surface area contributed by atoms with Crippen LogP contribution in [0.5, 0.6) is 0 Å². The Morgan fingerprint density at radius 3 is 3.17 bits per heavy atom. The van der Waals surface area contributed by atoms with E-state index in [0.717, 1.165) is 18.0 Å². The van der Waals surface area contributed by atoms with Crippen LogP contribution in [-0.2, 0) is 11.2 Å². The monoisotopic (exact) mass is 266 g/mol. The molecule has 1 saturated carbocycles. The number of hydrogen-bond donors (Lipinski definition) is 2. The van der Waals surface area contributed by atoms with Gasteiger partial charge in [-0.25, -0.2) is 0 Å². The van der Waals surface area contributed by atoms with Crippen molar-refractivity contribution in [3.8, 4) is 0 Å². The van der Waals surface area contributed by atoms with E-state index in [4.69, 9.17) is 0 Å². The number of aromatic nitrogens is 2. The molecular weight excluding hydrogens is 248 g/mol. The molecule has 0 spiro atoms. The van der Waals surface area contributed by atoms with Crippen LogP contribution in [0.15, 0.2) is 0 Å². The summed E-state index contributed by atoms with van der Waals surface area (Å²) in [6.45, 7) is 3.02. The number of fused-ring (bicyclic) bond motifs is 1. The number of rotatable bonds is 3. The third kappa shape index (κ3) is 2.14. The Kier molecular flexibility index (Phi) is 3.30. The minimum atomic E-state index is -0.0357. The van der Waals surface area contributed by atoms with Gasteiger partial charge in [0, 0.05) is 0 Å². The molecule has 5 nitrogen and oxygen atoms in total. The van der Waals surface area contributed by atoms with Crippen LogP contribution in [-0.4, -0.2) is 28.7 Å². The number of anilines is 1. The number of aryl methyl sites for hydroxylation is 1. The van der Waals surface area contributed by atoms with E-state index >= 15 is 0 Å². The van der Waals surface area contributed by atoms with E-state index in [2.05, 4.69) is 20.8 Å². The van der Waals surface area contributed by atoms with E-state index in [1.807, 2.05) is 6.92 Å². The minimum absolute atomic E-state index is 0.0357. The van der Waals surface area contributed by atoms with Crippen molar-refractivity contribution in [1.82, 2.24) is 15.5 Å². The van der Waals surface area contributed by atoms with E-state index in [1.54, 1.807) is 0 Å². The number of carbonyl (C=O) groups is 1. The van der Waals surface area contributed by atoms with Gasteiger partial charge in [0.05, 0.1) is 6.04 Å². The zero-order chi connectivity index (χ0) is 12.5. The maximum atomic E-state index is 12.2. The second-order valence-corrected chi connectivity index (χ2v) is 6.15. The fourth-order valence-electron chi connectivity index (χ4n) is 3.10. The van der Waals surface area contributed by atoms with Gasteiger partial charge in [0.15, 0.2) is 0 Å². The summed E-state index contributed by atoms with van der Waals surface area (Å²) in [7, 11) is 0. The topological polar surface area (TPSA) is 66.9 Å². The van der Waals surface area contributed by atoms with Crippen LogP contribution in [0.3, 0.4) is 0 Å². The van der Waals surface area contributed by atoms with E-state index in [-0.39, 0.29) is 11.9 Å². The van der Waals surface area contributed by atoms with Crippen LogP contribution >= 0.6 is 11.3 Å². The molecule has 1 aromatic rings. The Bertz CT molecular complexity index is 447. The number of nitrogens with one attached hydrogen (secondary N) is 2. The average Bonchev–Trinajstić information content (AvgIpc) is 3.03. The van der Waals surface area contributed by atoms with Crippen molar-refractivity contribution >= 4 is 22.4 Å². The molecular formula is C12H18N4OS. The predicted molar refractivity (Wildman–Crippen MR) is 70.5 cm³/mol. The Balaban J connectivity index is 1.64. The molecule has 0 radical (unpaired) electrons. The smallest absolute Gasteiger partial charge is 0.243 e. The number of carbonyl (C=O) groups excluding carboxylic acids is 1. The number of hydrogen-bond acceptors (Lipinski definition) is 5. The van der Waals surface area contributed by atoms with Crippen LogP contribution < -0.4 is 10.6 Å². The lowest BCUT2D eigenvalue weighted by molar-refractivity contribution is -0.118. The first-order valence-corrected chi connectivity index (χ1v) is 7.46. The molecule has 1 aliphatic carbocycles. The standard InChI is InChI=1S/C12H18N4OS/c1-2-9-15-16-12(18-9)14-11(17)10-8-5-3-4-7(8)6-13-10/h7-8,10,13H,2-6H2,1H3,(H,14,16,17). The molecule has 2 aliphatic rings. The Morgan fingerprint density at radius 2 is 2.39 bits per heavy atom. The van der Waals surface area contributed by atoms with Crippen molar-refractivity contribution in [2.24, 2.45) is 11.8 Å². The first-order chi connectivity index (χ1) is 8.78. The highest BCUT2D eigenvalue weighted by Crippen LogP contribution is 2.38. The Hall–Kier alpha value is -1.01. The van der Waals surface area contributed by atoms with E-state index in [9.17, 15) is 4.79 Å². The quantitative estimate of drug-likeness (QED) is 0.868. The zero-order valence-electron chi connectivity index (χ0n) is 10.5. The molecule has 0 bridgehead atoms. The molecule has 1 aromatic heterocycles. The molecule has 3 atom stereocenters. The molecule has 1 saturated heterocycles. The molecule has 1 aliphatic heterocycles. The second kappa shape index (κ2) is 4.93. The van der Waals surface area contributed by atoms with Crippen LogP contribution in [0.25, 0.3) is 0 Å². The first kappa shape index (κ1) is 12.0. The van der Waals surface area contributed by atoms with Gasteiger partial charge >= 0.3 is 0 Å². The summed E-state index contributed by atoms with van der Waals surface area (Å²) in [4.78, 5) is 12.2. The summed E-state index contributed by atoms with van der Waals surface area (Å²) in [5.41, 5.74) is 0. The third-order valence-corrected chi connectivity index (χ3v) is 5.01. The van der Waals surface area contributed by atoms with Crippen LogP contribution in [0.2, 0.25) is 0 Å². The highest BCUT2D eigenvalue weighted by Gasteiger charge is 2.42. The molecule has 2 fully saturated rings.